The Morgan fingerprint density at radius 1 is 0.780 bits per heavy atom. The number of methoxy groups -OCH3 is 2. The number of carbonyl (C=O) groups excluding carboxylic acids is 1. The average molecular weight is 855 g/mol. The number of thiol groups is 1. The number of nitrogens with zero attached hydrogens (tertiary/aromatic N) is 2. The van der Waals surface area contributed by atoms with Crippen LogP contribution in [0.3, 0.4) is 0 Å². The molecule has 8 N–H and O–H groups in total. The lowest BCUT2D eigenvalue weighted by Gasteiger charge is -2.24. The van der Waals surface area contributed by atoms with E-state index in [1.54, 1.807) is 26.0 Å². The van der Waals surface area contributed by atoms with Gasteiger partial charge in [-0.1, -0.05) is 111 Å². The van der Waals surface area contributed by atoms with Gasteiger partial charge in [0.25, 0.3) is 0 Å². The third-order valence-corrected chi connectivity index (χ3v) is 9.86. The number of rotatable bonds is 15. The van der Waals surface area contributed by atoms with Gasteiger partial charge in [-0.2, -0.15) is 12.6 Å². The van der Waals surface area contributed by atoms with Crippen LogP contribution in [0.1, 0.15) is 60.5 Å². The molecule has 5 rings (SSSR count). The highest BCUT2D eigenvalue weighted by Gasteiger charge is 2.32. The fraction of sp³-hybridized carbons (Fsp3) is 0.435. The van der Waals surface area contributed by atoms with E-state index < -0.39 is 5.97 Å². The Bertz CT molecular complexity index is 1580. The van der Waals surface area contributed by atoms with E-state index in [0.29, 0.717) is 31.9 Å². The van der Waals surface area contributed by atoms with E-state index in [0.717, 1.165) is 49.8 Å². The van der Waals surface area contributed by atoms with Gasteiger partial charge in [0.05, 0.1) is 25.7 Å². The molecule has 59 heavy (non-hydrogen) atoms. The van der Waals surface area contributed by atoms with Crippen molar-refractivity contribution in [2.45, 2.75) is 61.0 Å². The van der Waals surface area contributed by atoms with Crippen molar-refractivity contribution >= 4 is 36.3 Å². The molecule has 0 saturated carbocycles. The highest BCUT2D eigenvalue weighted by molar-refractivity contribution is 8.00. The summed E-state index contributed by atoms with van der Waals surface area (Å²) in [5, 5.41) is 11.0. The van der Waals surface area contributed by atoms with Crippen LogP contribution in [0.25, 0.3) is 0 Å². The van der Waals surface area contributed by atoms with Crippen LogP contribution in [-0.4, -0.2) is 98.3 Å². The van der Waals surface area contributed by atoms with Gasteiger partial charge in [-0.05, 0) is 68.3 Å². The number of hydrogen-bond donors (Lipinski definition) is 6. The number of hydrogen-bond acceptors (Lipinski definition) is 11. The molecule has 1 amide bonds. The first-order chi connectivity index (χ1) is 27.4. The van der Waals surface area contributed by atoms with E-state index >= 15 is 0 Å². The molecule has 13 heteroatoms. The monoisotopic (exact) mass is 855 g/mol. The van der Waals surface area contributed by atoms with E-state index in [-0.39, 0.29) is 31.9 Å². The second kappa shape index (κ2) is 34.8. The fourth-order valence-electron chi connectivity index (χ4n) is 5.07. The van der Waals surface area contributed by atoms with Crippen molar-refractivity contribution in [3.05, 3.63) is 130 Å². The van der Waals surface area contributed by atoms with Crippen molar-refractivity contribution in [1.29, 1.82) is 0 Å². The van der Waals surface area contributed by atoms with Crippen LogP contribution in [0.2, 0.25) is 0 Å². The van der Waals surface area contributed by atoms with Gasteiger partial charge in [-0.25, -0.2) is 0 Å². The number of carboxylic acid groups (broad SMARTS) is 1. The summed E-state index contributed by atoms with van der Waals surface area (Å²) < 4.78 is 10.2. The number of nitrogens with two attached hydrogens (primary N) is 3. The van der Waals surface area contributed by atoms with Gasteiger partial charge in [0, 0.05) is 52.4 Å². The summed E-state index contributed by atoms with van der Waals surface area (Å²) in [6, 6.07) is 32.5. The van der Waals surface area contributed by atoms with Crippen molar-refractivity contribution in [3.63, 3.8) is 0 Å². The maximum absolute atomic E-state index is 12.2. The summed E-state index contributed by atoms with van der Waals surface area (Å²) in [5.41, 5.74) is 23.6. The maximum atomic E-state index is 12.2. The normalized spacial score (nSPS) is 12.4. The van der Waals surface area contributed by atoms with Gasteiger partial charge >= 0.3 is 5.97 Å². The number of aryl methyl sites for hydroxylation is 3. The van der Waals surface area contributed by atoms with Gasteiger partial charge in [-0.15, -0.1) is 11.8 Å². The Morgan fingerprint density at radius 2 is 1.20 bits per heavy atom. The molecule has 4 aromatic carbocycles. The van der Waals surface area contributed by atoms with Gasteiger partial charge in [0.2, 0.25) is 5.91 Å². The number of thioether (sulfide) groups is 1. The minimum atomic E-state index is -0.881. The van der Waals surface area contributed by atoms with Crippen LogP contribution in [-0.2, 0) is 22.7 Å². The van der Waals surface area contributed by atoms with Crippen molar-refractivity contribution in [1.82, 2.24) is 15.1 Å². The Balaban J connectivity index is 0. The minimum Gasteiger partial charge on any atom is -0.497 e. The lowest BCUT2D eigenvalue weighted by Crippen LogP contribution is -2.38. The van der Waals surface area contributed by atoms with Gasteiger partial charge in [-0.3, -0.25) is 14.5 Å². The number of aliphatic carboxylic acids is 1. The summed E-state index contributed by atoms with van der Waals surface area (Å²) in [5.74, 6) is 1.53. The summed E-state index contributed by atoms with van der Waals surface area (Å²) in [4.78, 5) is 25.8. The number of carbonyl (C=O) groups is 2. The molecule has 1 unspecified atom stereocenters. The number of ether oxygens (including phenoxy) is 2. The van der Waals surface area contributed by atoms with Crippen LogP contribution in [0.15, 0.2) is 97.1 Å². The summed E-state index contributed by atoms with van der Waals surface area (Å²) in [6.07, 6.45) is 0. The van der Waals surface area contributed by atoms with Crippen LogP contribution >= 0.6 is 24.4 Å². The molecule has 1 saturated heterocycles. The first-order valence-corrected chi connectivity index (χ1v) is 20.8. The number of amides is 1. The van der Waals surface area contributed by atoms with Gasteiger partial charge in [0.1, 0.15) is 16.9 Å². The molecule has 330 valence electrons. The largest absolute Gasteiger partial charge is 0.497 e. The topological polar surface area (TPSA) is 169 Å². The van der Waals surface area contributed by atoms with Crippen molar-refractivity contribution in [2.24, 2.45) is 17.2 Å². The first-order valence-electron chi connectivity index (χ1n) is 19.1. The Labute approximate surface area is 365 Å². The fourth-order valence-corrected chi connectivity index (χ4v) is 6.26. The molecular formula is C46H74N6O5S2. The summed E-state index contributed by atoms with van der Waals surface area (Å²) >= 11 is 5.10. The molecule has 1 aliphatic rings. The Morgan fingerprint density at radius 3 is 1.59 bits per heavy atom. The quantitative estimate of drug-likeness (QED) is 0.0524. The average Bonchev–Trinajstić information content (AvgIpc) is 3.59. The molecule has 1 atom stereocenters. The van der Waals surface area contributed by atoms with E-state index in [2.05, 4.69) is 99.1 Å². The molecule has 0 bridgehead atoms. The lowest BCUT2D eigenvalue weighted by molar-refractivity contribution is -0.134. The molecular weight excluding hydrogens is 781 g/mol. The van der Waals surface area contributed by atoms with Crippen molar-refractivity contribution < 1.29 is 24.2 Å². The second-order valence-electron chi connectivity index (χ2n) is 13.0. The van der Waals surface area contributed by atoms with Crippen LogP contribution in [0, 0.1) is 20.8 Å². The zero-order valence-electron chi connectivity index (χ0n) is 34.7. The number of carboxylic acids is 1. The Hall–Kier alpha value is -4.08. The van der Waals surface area contributed by atoms with Crippen molar-refractivity contribution in [3.8, 4) is 11.5 Å². The standard InChI is InChI=1S/C18H19NO2S.C8H22N4.C8H11N.C8H10O.C2H4O2S.2CH4/c1-13-3-5-14(6-4-13)11-19-17(20)12-22-18(19)15-7-9-16(21-2)10-8-15;1-2-11-5-8-12(6-3-9)7-4-10;1-7-2-4-8(6-9)5-3-7;1-7-3-5-8(9-2)6-4-7;3-2(4)1-5;;/h3-10,18H,11-12H2,1-2H3;11H,2-10H2,1H3;2-5H,6,9H2,1H3;3-6H,1-2H3;5H,1H2,(H,3,4);2*1H4. The molecule has 11 nitrogen and oxygen atoms in total. The van der Waals surface area contributed by atoms with E-state index in [4.69, 9.17) is 31.8 Å². The molecule has 4 aromatic rings. The van der Waals surface area contributed by atoms with Crippen LogP contribution in [0.5, 0.6) is 11.5 Å². The van der Waals surface area contributed by atoms with Crippen molar-refractivity contribution in [2.75, 3.05) is 71.5 Å². The maximum Gasteiger partial charge on any atom is 0.313 e. The van der Waals surface area contributed by atoms with E-state index in [1.165, 1.54) is 27.8 Å². The SMILES string of the molecule is C.C.CCNCCN(CCN)CCN.COc1ccc(C)cc1.COc1ccc(C2SCC(=O)N2Cc2ccc(C)cc2)cc1.Cc1ccc(CN)cc1.O=C(O)CS. The van der Waals surface area contributed by atoms with E-state index in [9.17, 15) is 9.59 Å². The molecule has 0 radical (unpaired) electrons. The molecule has 1 heterocycles. The number of likely N-dealkylation sites (N-methyl/N-ethyl adjacent to an activating group) is 1. The lowest BCUT2D eigenvalue weighted by atomic mass is 10.1. The van der Waals surface area contributed by atoms with Crippen LogP contribution in [0.4, 0.5) is 0 Å². The number of benzene rings is 4. The van der Waals surface area contributed by atoms with Crippen LogP contribution < -0.4 is 32.0 Å². The van der Waals surface area contributed by atoms with Gasteiger partial charge in [0.15, 0.2) is 0 Å². The van der Waals surface area contributed by atoms with Gasteiger partial charge < -0.3 is 42.0 Å². The summed E-state index contributed by atoms with van der Waals surface area (Å²) in [7, 11) is 3.33. The molecule has 0 spiro atoms. The second-order valence-corrected chi connectivity index (χ2v) is 14.4. The molecule has 1 aliphatic heterocycles. The Kier molecular flexibility index (Phi) is 33.6. The highest BCUT2D eigenvalue weighted by Crippen LogP contribution is 2.40. The third-order valence-electron chi connectivity index (χ3n) is 8.34. The molecule has 0 aromatic heterocycles. The summed E-state index contributed by atoms with van der Waals surface area (Å²) in [6.45, 7) is 16.0. The smallest absolute Gasteiger partial charge is 0.313 e. The first kappa shape index (κ1) is 57.0. The number of nitrogens with one attached hydrogen (secondary N) is 1. The third kappa shape index (κ3) is 25.2. The predicted molar refractivity (Wildman–Crippen MR) is 255 cm³/mol. The molecule has 1 fully saturated rings. The predicted octanol–water partition coefficient (Wildman–Crippen LogP) is 7.32. The highest BCUT2D eigenvalue weighted by atomic mass is 32.2. The zero-order valence-corrected chi connectivity index (χ0v) is 36.4. The van der Waals surface area contributed by atoms with E-state index in [1.807, 2.05) is 53.4 Å². The minimum absolute atomic E-state index is 0. The molecule has 0 aliphatic carbocycles. The zero-order chi connectivity index (χ0) is 42.4.